The number of carbonyl (C=O) groups is 1. The molecule has 1 aliphatic heterocycles. The van der Waals surface area contributed by atoms with Crippen molar-refractivity contribution < 1.29 is 4.79 Å². The highest BCUT2D eigenvalue weighted by Gasteiger charge is 2.25. The first-order valence-electron chi connectivity index (χ1n) is 8.67. The molecule has 0 spiro atoms. The summed E-state index contributed by atoms with van der Waals surface area (Å²) in [7, 11) is 0. The average Bonchev–Trinajstić information content (AvgIpc) is 3.35. The Hall–Kier alpha value is -3.06. The maximum absolute atomic E-state index is 12.8. The van der Waals surface area contributed by atoms with Gasteiger partial charge in [0.2, 0.25) is 0 Å². The first-order valence-corrected chi connectivity index (χ1v) is 8.67. The molecule has 1 saturated heterocycles. The SMILES string of the molecule is O=C(N[C@H]1CCN(Cc2ccccc2)C1)c1cccnc1-n1cncn1. The van der Waals surface area contributed by atoms with Crippen LogP contribution in [0.3, 0.4) is 0 Å². The Morgan fingerprint density at radius 1 is 1.19 bits per heavy atom. The molecule has 0 bridgehead atoms. The lowest BCUT2D eigenvalue weighted by Crippen LogP contribution is -2.37. The summed E-state index contributed by atoms with van der Waals surface area (Å²) in [6.45, 7) is 2.73. The number of pyridine rings is 1. The van der Waals surface area contributed by atoms with Crippen LogP contribution in [-0.4, -0.2) is 49.7 Å². The minimum Gasteiger partial charge on any atom is -0.348 e. The summed E-state index contributed by atoms with van der Waals surface area (Å²) in [6.07, 6.45) is 5.55. The number of benzene rings is 1. The molecule has 1 fully saturated rings. The fraction of sp³-hybridized carbons (Fsp3) is 0.263. The van der Waals surface area contributed by atoms with E-state index >= 15 is 0 Å². The molecule has 1 N–H and O–H groups in total. The van der Waals surface area contributed by atoms with Crippen LogP contribution in [0.1, 0.15) is 22.3 Å². The molecule has 1 atom stereocenters. The topological polar surface area (TPSA) is 75.9 Å². The zero-order chi connectivity index (χ0) is 17.8. The Morgan fingerprint density at radius 3 is 2.88 bits per heavy atom. The quantitative estimate of drug-likeness (QED) is 0.759. The third-order valence-corrected chi connectivity index (χ3v) is 4.52. The van der Waals surface area contributed by atoms with Crippen molar-refractivity contribution in [3.05, 3.63) is 72.4 Å². The fourth-order valence-electron chi connectivity index (χ4n) is 3.27. The molecule has 1 aliphatic rings. The van der Waals surface area contributed by atoms with Crippen LogP contribution < -0.4 is 5.32 Å². The summed E-state index contributed by atoms with van der Waals surface area (Å²) < 4.78 is 1.51. The highest BCUT2D eigenvalue weighted by atomic mass is 16.1. The van der Waals surface area contributed by atoms with Crippen LogP contribution in [0, 0.1) is 0 Å². The van der Waals surface area contributed by atoms with E-state index in [2.05, 4.69) is 49.5 Å². The molecule has 2 aromatic heterocycles. The lowest BCUT2D eigenvalue weighted by Gasteiger charge is -2.17. The maximum Gasteiger partial charge on any atom is 0.255 e. The number of amides is 1. The molecule has 0 radical (unpaired) electrons. The summed E-state index contributed by atoms with van der Waals surface area (Å²) in [6, 6.07) is 14.0. The van der Waals surface area contributed by atoms with Gasteiger partial charge in [-0.05, 0) is 24.1 Å². The van der Waals surface area contributed by atoms with E-state index in [0.29, 0.717) is 11.4 Å². The van der Waals surface area contributed by atoms with Gasteiger partial charge in [-0.1, -0.05) is 30.3 Å². The van der Waals surface area contributed by atoms with E-state index < -0.39 is 0 Å². The lowest BCUT2D eigenvalue weighted by atomic mass is 10.2. The van der Waals surface area contributed by atoms with Gasteiger partial charge in [0.1, 0.15) is 12.7 Å². The van der Waals surface area contributed by atoms with Gasteiger partial charge < -0.3 is 5.32 Å². The predicted molar refractivity (Wildman–Crippen MR) is 96.7 cm³/mol. The van der Waals surface area contributed by atoms with Crippen molar-refractivity contribution in [2.24, 2.45) is 0 Å². The van der Waals surface area contributed by atoms with Crippen LogP contribution in [0.15, 0.2) is 61.3 Å². The van der Waals surface area contributed by atoms with Crippen molar-refractivity contribution in [1.82, 2.24) is 30.0 Å². The molecule has 0 saturated carbocycles. The first kappa shape index (κ1) is 16.4. The van der Waals surface area contributed by atoms with Gasteiger partial charge in [-0.3, -0.25) is 9.69 Å². The van der Waals surface area contributed by atoms with Gasteiger partial charge in [0, 0.05) is 31.9 Å². The molecule has 7 nitrogen and oxygen atoms in total. The van der Waals surface area contributed by atoms with Crippen LogP contribution >= 0.6 is 0 Å². The van der Waals surface area contributed by atoms with Gasteiger partial charge in [-0.2, -0.15) is 5.10 Å². The average molecular weight is 348 g/mol. The molecular weight excluding hydrogens is 328 g/mol. The van der Waals surface area contributed by atoms with E-state index in [1.807, 2.05) is 6.07 Å². The molecule has 132 valence electrons. The Morgan fingerprint density at radius 2 is 2.08 bits per heavy atom. The zero-order valence-electron chi connectivity index (χ0n) is 14.3. The highest BCUT2D eigenvalue weighted by molar-refractivity contribution is 5.97. The third kappa shape index (κ3) is 3.62. The number of hydrogen-bond acceptors (Lipinski definition) is 5. The second-order valence-electron chi connectivity index (χ2n) is 6.39. The highest BCUT2D eigenvalue weighted by Crippen LogP contribution is 2.15. The zero-order valence-corrected chi connectivity index (χ0v) is 14.3. The van der Waals surface area contributed by atoms with Crippen molar-refractivity contribution in [2.45, 2.75) is 19.0 Å². The Bertz CT molecular complexity index is 865. The summed E-state index contributed by atoms with van der Waals surface area (Å²) in [5.41, 5.74) is 1.79. The minimum absolute atomic E-state index is 0.129. The van der Waals surface area contributed by atoms with Gasteiger partial charge in [0.05, 0.1) is 5.56 Å². The number of rotatable bonds is 5. The van der Waals surface area contributed by atoms with Gasteiger partial charge in [-0.15, -0.1) is 0 Å². The molecule has 1 aromatic carbocycles. The Labute approximate surface area is 151 Å². The molecule has 4 rings (SSSR count). The fourth-order valence-corrected chi connectivity index (χ4v) is 3.27. The van der Waals surface area contributed by atoms with Gasteiger partial charge >= 0.3 is 0 Å². The van der Waals surface area contributed by atoms with Gasteiger partial charge in [0.15, 0.2) is 5.82 Å². The van der Waals surface area contributed by atoms with Crippen LogP contribution in [0.4, 0.5) is 0 Å². The number of aromatic nitrogens is 4. The molecule has 3 heterocycles. The first-order chi connectivity index (χ1) is 12.8. The van der Waals surface area contributed by atoms with Crippen LogP contribution in [-0.2, 0) is 6.54 Å². The summed E-state index contributed by atoms with van der Waals surface area (Å²) in [5.74, 6) is 0.358. The van der Waals surface area contributed by atoms with E-state index in [9.17, 15) is 4.79 Å². The minimum atomic E-state index is -0.129. The maximum atomic E-state index is 12.8. The number of nitrogens with zero attached hydrogens (tertiary/aromatic N) is 5. The molecule has 0 aliphatic carbocycles. The second kappa shape index (κ2) is 7.45. The lowest BCUT2D eigenvalue weighted by molar-refractivity contribution is 0.0937. The summed E-state index contributed by atoms with van der Waals surface area (Å²) in [5, 5.41) is 7.21. The molecule has 7 heteroatoms. The number of hydrogen-bond donors (Lipinski definition) is 1. The van der Waals surface area contributed by atoms with Crippen LogP contribution in [0.2, 0.25) is 0 Å². The van der Waals surface area contributed by atoms with Gasteiger partial charge in [-0.25, -0.2) is 14.6 Å². The summed E-state index contributed by atoms with van der Waals surface area (Å²) in [4.78, 5) is 23.3. The van der Waals surface area contributed by atoms with E-state index in [4.69, 9.17) is 0 Å². The smallest absolute Gasteiger partial charge is 0.255 e. The molecular formula is C19H20N6O. The normalized spacial score (nSPS) is 17.3. The van der Waals surface area contributed by atoms with Crippen LogP contribution in [0.5, 0.6) is 0 Å². The Balaban J connectivity index is 1.40. The molecule has 26 heavy (non-hydrogen) atoms. The van der Waals surface area contributed by atoms with Gasteiger partial charge in [0.25, 0.3) is 5.91 Å². The third-order valence-electron chi connectivity index (χ3n) is 4.52. The van der Waals surface area contributed by atoms with E-state index in [1.165, 1.54) is 22.9 Å². The van der Waals surface area contributed by atoms with E-state index in [-0.39, 0.29) is 11.9 Å². The monoisotopic (exact) mass is 348 g/mol. The second-order valence-corrected chi connectivity index (χ2v) is 6.39. The largest absolute Gasteiger partial charge is 0.348 e. The predicted octanol–water partition coefficient (Wildman–Crippen LogP) is 1.67. The van der Waals surface area contributed by atoms with Crippen molar-refractivity contribution in [1.29, 1.82) is 0 Å². The standard InChI is InChI=1S/C19H20N6O/c26-19(17-7-4-9-21-18(17)25-14-20-13-22-25)23-16-8-10-24(12-16)11-15-5-2-1-3-6-15/h1-7,9,13-14,16H,8,10-12H2,(H,23,26)/t16-/m0/s1. The molecule has 3 aromatic rings. The van der Waals surface area contributed by atoms with E-state index in [1.54, 1.807) is 18.3 Å². The van der Waals surface area contributed by atoms with Crippen molar-refractivity contribution >= 4 is 5.91 Å². The summed E-state index contributed by atoms with van der Waals surface area (Å²) >= 11 is 0. The van der Waals surface area contributed by atoms with E-state index in [0.717, 1.165) is 26.1 Å². The number of nitrogens with one attached hydrogen (secondary N) is 1. The Kier molecular flexibility index (Phi) is 4.70. The number of carbonyl (C=O) groups excluding carboxylic acids is 1. The van der Waals surface area contributed by atoms with Crippen LogP contribution in [0.25, 0.3) is 5.82 Å². The molecule has 1 amide bonds. The van der Waals surface area contributed by atoms with Crippen molar-refractivity contribution in [2.75, 3.05) is 13.1 Å². The molecule has 0 unspecified atom stereocenters. The number of likely N-dealkylation sites (tertiary alicyclic amines) is 1. The van der Waals surface area contributed by atoms with Crippen molar-refractivity contribution in [3.63, 3.8) is 0 Å². The van der Waals surface area contributed by atoms with Crippen molar-refractivity contribution in [3.8, 4) is 5.82 Å².